The number of methoxy groups -OCH3 is 2. The summed E-state index contributed by atoms with van der Waals surface area (Å²) in [6, 6.07) is 21.3. The second-order valence-electron chi connectivity index (χ2n) is 7.43. The summed E-state index contributed by atoms with van der Waals surface area (Å²) in [4.78, 5) is 15.5. The molecule has 0 aliphatic carbocycles. The summed E-state index contributed by atoms with van der Waals surface area (Å²) in [5.74, 6) is 1.38. The van der Waals surface area contributed by atoms with Gasteiger partial charge in [-0.05, 0) is 59.0 Å². The molecule has 0 saturated carbocycles. The van der Waals surface area contributed by atoms with Crippen molar-refractivity contribution < 1.29 is 14.3 Å². The van der Waals surface area contributed by atoms with Gasteiger partial charge >= 0.3 is 0 Å². The number of fused-ring (bicyclic) bond motifs is 1. The minimum absolute atomic E-state index is 0.00777. The van der Waals surface area contributed by atoms with E-state index in [4.69, 9.17) is 21.1 Å². The Morgan fingerprint density at radius 1 is 0.935 bits per heavy atom. The van der Waals surface area contributed by atoms with Crippen LogP contribution in [0.3, 0.4) is 0 Å². The van der Waals surface area contributed by atoms with Gasteiger partial charge in [0.05, 0.1) is 14.2 Å². The summed E-state index contributed by atoms with van der Waals surface area (Å²) in [6.45, 7) is 1.16. The van der Waals surface area contributed by atoms with Gasteiger partial charge in [-0.2, -0.15) is 0 Å². The summed E-state index contributed by atoms with van der Waals surface area (Å²) < 4.78 is 10.9. The van der Waals surface area contributed by atoms with Crippen molar-refractivity contribution in [2.75, 3.05) is 20.8 Å². The molecule has 1 aliphatic rings. The van der Waals surface area contributed by atoms with E-state index < -0.39 is 0 Å². The Morgan fingerprint density at radius 3 is 2.23 bits per heavy atom. The third-order valence-electron chi connectivity index (χ3n) is 5.50. The second-order valence-corrected chi connectivity index (χ2v) is 7.86. The van der Waals surface area contributed by atoms with E-state index in [1.807, 2.05) is 77.7 Å². The van der Waals surface area contributed by atoms with Gasteiger partial charge in [0.15, 0.2) is 11.5 Å². The van der Waals surface area contributed by atoms with Crippen LogP contribution in [0.5, 0.6) is 11.5 Å². The van der Waals surface area contributed by atoms with Gasteiger partial charge < -0.3 is 14.4 Å². The summed E-state index contributed by atoms with van der Waals surface area (Å²) in [6.07, 6.45) is 2.70. The molecule has 0 spiro atoms. The number of nitrogens with zero attached hydrogens (tertiary/aromatic N) is 1. The zero-order chi connectivity index (χ0) is 21.8. The Morgan fingerprint density at radius 2 is 1.58 bits per heavy atom. The van der Waals surface area contributed by atoms with Crippen molar-refractivity contribution in [3.63, 3.8) is 0 Å². The maximum atomic E-state index is 13.6. The third-order valence-corrected chi connectivity index (χ3v) is 5.75. The predicted octanol–water partition coefficient (Wildman–Crippen LogP) is 5.48. The van der Waals surface area contributed by atoms with E-state index in [1.54, 1.807) is 14.2 Å². The molecule has 5 heteroatoms. The van der Waals surface area contributed by atoms with E-state index in [2.05, 4.69) is 0 Å². The lowest BCUT2D eigenvalue weighted by atomic mass is 9.96. The Hall–Kier alpha value is -3.24. The highest BCUT2D eigenvalue weighted by Crippen LogP contribution is 2.34. The number of hydrogen-bond donors (Lipinski definition) is 0. The molecule has 4 nitrogen and oxygen atoms in total. The molecule has 0 fully saturated rings. The Labute approximate surface area is 187 Å². The van der Waals surface area contributed by atoms with Crippen LogP contribution in [0.1, 0.15) is 22.3 Å². The molecule has 0 bridgehead atoms. The summed E-state index contributed by atoms with van der Waals surface area (Å²) >= 11 is 6.08. The largest absolute Gasteiger partial charge is 0.493 e. The van der Waals surface area contributed by atoms with Crippen molar-refractivity contribution in [2.24, 2.45) is 0 Å². The Kier molecular flexibility index (Phi) is 6.28. The molecular weight excluding hydrogens is 410 g/mol. The molecule has 0 radical (unpaired) electrons. The molecule has 0 unspecified atom stereocenters. The number of carbonyl (C=O) groups is 1. The third kappa shape index (κ3) is 4.59. The fraction of sp³-hybridized carbons (Fsp3) is 0.192. The lowest BCUT2D eigenvalue weighted by Gasteiger charge is -2.30. The van der Waals surface area contributed by atoms with Crippen LogP contribution in [0.2, 0.25) is 5.02 Å². The van der Waals surface area contributed by atoms with Gasteiger partial charge in [-0.3, -0.25) is 4.79 Å². The molecule has 1 aliphatic heterocycles. The first kappa shape index (κ1) is 21.0. The minimum Gasteiger partial charge on any atom is -0.493 e. The number of benzene rings is 3. The van der Waals surface area contributed by atoms with E-state index in [0.717, 1.165) is 23.1 Å². The molecule has 158 valence electrons. The molecule has 4 rings (SSSR count). The number of carbonyl (C=O) groups excluding carboxylic acids is 1. The summed E-state index contributed by atoms with van der Waals surface area (Å²) in [5, 5.41) is 0.642. The second kappa shape index (κ2) is 9.27. The molecule has 0 atom stereocenters. The standard InChI is InChI=1S/C26H24ClNO3/c1-30-24-15-20-12-13-28(17-21(20)16-25(24)31-2)26(29)23(14-18-6-4-3-5-7-18)19-8-10-22(27)11-9-19/h3-11,14-16H,12-13,17H2,1-2H3/b23-14-. The lowest BCUT2D eigenvalue weighted by Crippen LogP contribution is -2.36. The monoisotopic (exact) mass is 433 g/mol. The average Bonchev–Trinajstić information content (AvgIpc) is 2.82. The quantitative estimate of drug-likeness (QED) is 0.395. The van der Waals surface area contributed by atoms with Gasteiger partial charge in [-0.25, -0.2) is 0 Å². The number of hydrogen-bond acceptors (Lipinski definition) is 3. The van der Waals surface area contributed by atoms with Crippen molar-refractivity contribution in [3.8, 4) is 11.5 Å². The summed E-state index contributed by atoms with van der Waals surface area (Å²) in [7, 11) is 3.26. The zero-order valence-corrected chi connectivity index (χ0v) is 18.4. The van der Waals surface area contributed by atoms with Crippen LogP contribution in [-0.2, 0) is 17.8 Å². The lowest BCUT2D eigenvalue weighted by molar-refractivity contribution is -0.125. The highest BCUT2D eigenvalue weighted by atomic mass is 35.5. The number of halogens is 1. The van der Waals surface area contributed by atoms with E-state index in [0.29, 0.717) is 35.2 Å². The minimum atomic E-state index is -0.00777. The van der Waals surface area contributed by atoms with Crippen LogP contribution in [0.4, 0.5) is 0 Å². The SMILES string of the molecule is COc1cc2c(cc1OC)CN(C(=O)/C(=C\c1ccccc1)c1ccc(Cl)cc1)CC2. The van der Waals surface area contributed by atoms with Crippen molar-refractivity contribution >= 4 is 29.2 Å². The van der Waals surface area contributed by atoms with E-state index in [-0.39, 0.29) is 5.91 Å². The number of amides is 1. The Bertz CT molecular complexity index is 1110. The molecule has 31 heavy (non-hydrogen) atoms. The van der Waals surface area contributed by atoms with Gasteiger partial charge in [0.25, 0.3) is 5.91 Å². The van der Waals surface area contributed by atoms with Gasteiger partial charge in [0.1, 0.15) is 0 Å². The zero-order valence-electron chi connectivity index (χ0n) is 17.6. The predicted molar refractivity (Wildman–Crippen MR) is 124 cm³/mol. The molecule has 1 amide bonds. The summed E-state index contributed by atoms with van der Waals surface area (Å²) in [5.41, 5.74) is 4.72. The topological polar surface area (TPSA) is 38.8 Å². The Balaban J connectivity index is 1.68. The van der Waals surface area contributed by atoms with Crippen molar-refractivity contribution in [2.45, 2.75) is 13.0 Å². The highest BCUT2D eigenvalue weighted by Gasteiger charge is 2.25. The maximum Gasteiger partial charge on any atom is 0.254 e. The fourth-order valence-electron chi connectivity index (χ4n) is 3.84. The molecule has 0 saturated heterocycles. The molecule has 1 heterocycles. The van der Waals surface area contributed by atoms with Crippen molar-refractivity contribution in [1.82, 2.24) is 4.90 Å². The van der Waals surface area contributed by atoms with Crippen LogP contribution < -0.4 is 9.47 Å². The van der Waals surface area contributed by atoms with E-state index >= 15 is 0 Å². The van der Waals surface area contributed by atoms with Gasteiger partial charge in [-0.1, -0.05) is 54.1 Å². The molecule has 0 aromatic heterocycles. The van der Waals surface area contributed by atoms with Crippen LogP contribution in [0, 0.1) is 0 Å². The van der Waals surface area contributed by atoms with Gasteiger partial charge in [-0.15, -0.1) is 0 Å². The van der Waals surface area contributed by atoms with Crippen molar-refractivity contribution in [3.05, 3.63) is 94.0 Å². The first-order valence-corrected chi connectivity index (χ1v) is 10.5. The smallest absolute Gasteiger partial charge is 0.254 e. The van der Waals surface area contributed by atoms with Gasteiger partial charge in [0, 0.05) is 23.7 Å². The van der Waals surface area contributed by atoms with Crippen LogP contribution in [0.15, 0.2) is 66.7 Å². The van der Waals surface area contributed by atoms with Crippen LogP contribution >= 0.6 is 11.6 Å². The average molecular weight is 434 g/mol. The van der Waals surface area contributed by atoms with E-state index in [9.17, 15) is 4.79 Å². The molecule has 3 aromatic rings. The first-order chi connectivity index (χ1) is 15.1. The molecule has 3 aromatic carbocycles. The first-order valence-electron chi connectivity index (χ1n) is 10.1. The van der Waals surface area contributed by atoms with Crippen LogP contribution in [-0.4, -0.2) is 31.6 Å². The van der Waals surface area contributed by atoms with Gasteiger partial charge in [0.2, 0.25) is 0 Å². The van der Waals surface area contributed by atoms with Crippen molar-refractivity contribution in [1.29, 1.82) is 0 Å². The molecule has 0 N–H and O–H groups in total. The number of rotatable bonds is 5. The maximum absolute atomic E-state index is 13.6. The van der Waals surface area contributed by atoms with Crippen LogP contribution in [0.25, 0.3) is 11.6 Å². The normalized spacial score (nSPS) is 13.5. The fourth-order valence-corrected chi connectivity index (χ4v) is 3.97. The molecular formula is C26H24ClNO3. The highest BCUT2D eigenvalue weighted by molar-refractivity contribution is 6.31. The van der Waals surface area contributed by atoms with E-state index in [1.165, 1.54) is 5.56 Å². The number of ether oxygens (including phenoxy) is 2.